The summed E-state index contributed by atoms with van der Waals surface area (Å²) in [5.74, 6) is -0.960. The lowest BCUT2D eigenvalue weighted by atomic mass is 10.1. The van der Waals surface area contributed by atoms with Crippen molar-refractivity contribution in [2.45, 2.75) is 25.9 Å². The summed E-state index contributed by atoms with van der Waals surface area (Å²) in [5, 5.41) is 2.64. The number of ether oxygens (including phenoxy) is 1. The first-order chi connectivity index (χ1) is 13.0. The Balaban J connectivity index is 1.77. The van der Waals surface area contributed by atoms with Crippen LogP contribution >= 0.6 is 0 Å². The molecule has 0 aliphatic carbocycles. The molecule has 1 aliphatic heterocycles. The normalized spacial score (nSPS) is 14.5. The first-order valence-corrected chi connectivity index (χ1v) is 8.97. The summed E-state index contributed by atoms with van der Waals surface area (Å²) in [6, 6.07) is 15.4. The molecule has 0 spiro atoms. The van der Waals surface area contributed by atoms with Gasteiger partial charge in [0.05, 0.1) is 5.56 Å². The van der Waals surface area contributed by atoms with Gasteiger partial charge in [0.2, 0.25) is 12.0 Å². The molecule has 3 rings (SSSR count). The number of carbonyl (C=O) groups excluding carboxylic acids is 3. The molecule has 6 nitrogen and oxygen atoms in total. The van der Waals surface area contributed by atoms with Crippen LogP contribution in [-0.4, -0.2) is 35.8 Å². The van der Waals surface area contributed by atoms with E-state index < -0.39 is 12.1 Å². The molecule has 1 heterocycles. The third-order valence-corrected chi connectivity index (χ3v) is 4.41. The van der Waals surface area contributed by atoms with Crippen LogP contribution in [0.2, 0.25) is 0 Å². The van der Waals surface area contributed by atoms with Crippen LogP contribution in [0.15, 0.2) is 54.6 Å². The third kappa shape index (κ3) is 4.73. The fourth-order valence-electron chi connectivity index (χ4n) is 3.06. The van der Waals surface area contributed by atoms with Gasteiger partial charge in [-0.15, -0.1) is 0 Å². The fourth-order valence-corrected chi connectivity index (χ4v) is 3.06. The molecule has 2 aromatic carbocycles. The molecule has 2 aromatic rings. The number of anilines is 1. The lowest BCUT2D eigenvalue weighted by molar-refractivity contribution is -0.140. The van der Waals surface area contributed by atoms with Gasteiger partial charge in [-0.05, 0) is 37.1 Å². The topological polar surface area (TPSA) is 75.7 Å². The van der Waals surface area contributed by atoms with Crippen molar-refractivity contribution < 1.29 is 19.1 Å². The highest BCUT2D eigenvalue weighted by atomic mass is 16.5. The van der Waals surface area contributed by atoms with E-state index in [4.69, 9.17) is 4.74 Å². The minimum atomic E-state index is -0.966. The SMILES string of the molecule is CC(=O)Nc1ccc(C(=O)O[C@H](C(=O)N2CCCC2)c2ccccc2)cc1. The maximum Gasteiger partial charge on any atom is 0.339 e. The number of nitrogens with one attached hydrogen (secondary N) is 1. The molecule has 0 bridgehead atoms. The van der Waals surface area contributed by atoms with Crippen LogP contribution in [0.3, 0.4) is 0 Å². The maximum absolute atomic E-state index is 12.9. The molecule has 1 atom stereocenters. The Labute approximate surface area is 158 Å². The first kappa shape index (κ1) is 18.6. The number of amides is 2. The number of likely N-dealkylation sites (tertiary alicyclic amines) is 1. The Kier molecular flexibility index (Phi) is 5.86. The lowest BCUT2D eigenvalue weighted by Crippen LogP contribution is -2.34. The molecule has 1 fully saturated rings. The van der Waals surface area contributed by atoms with E-state index in [-0.39, 0.29) is 11.8 Å². The van der Waals surface area contributed by atoms with E-state index in [1.807, 2.05) is 18.2 Å². The third-order valence-electron chi connectivity index (χ3n) is 4.41. The number of hydrogen-bond acceptors (Lipinski definition) is 4. The summed E-state index contributed by atoms with van der Waals surface area (Å²) in [7, 11) is 0. The van der Waals surface area contributed by atoms with Gasteiger partial charge in [-0.1, -0.05) is 30.3 Å². The maximum atomic E-state index is 12.9. The molecular weight excluding hydrogens is 344 g/mol. The zero-order chi connectivity index (χ0) is 19.2. The summed E-state index contributed by atoms with van der Waals surface area (Å²) >= 11 is 0. The summed E-state index contributed by atoms with van der Waals surface area (Å²) in [6.45, 7) is 2.78. The molecule has 0 aromatic heterocycles. The quantitative estimate of drug-likeness (QED) is 0.825. The van der Waals surface area contributed by atoms with E-state index in [2.05, 4.69) is 5.32 Å². The van der Waals surface area contributed by atoms with Gasteiger partial charge in [-0.2, -0.15) is 0 Å². The summed E-state index contributed by atoms with van der Waals surface area (Å²) < 4.78 is 5.60. The predicted octanol–water partition coefficient (Wildman–Crippen LogP) is 3.17. The number of nitrogens with zero attached hydrogens (tertiary/aromatic N) is 1. The number of hydrogen-bond donors (Lipinski definition) is 1. The summed E-state index contributed by atoms with van der Waals surface area (Å²) in [4.78, 5) is 38.3. The molecule has 140 valence electrons. The van der Waals surface area contributed by atoms with Crippen LogP contribution in [0.5, 0.6) is 0 Å². The van der Waals surface area contributed by atoms with Crippen LogP contribution in [0.1, 0.15) is 41.8 Å². The molecule has 1 N–H and O–H groups in total. The number of rotatable bonds is 5. The molecule has 1 saturated heterocycles. The van der Waals surface area contributed by atoms with Crippen molar-refractivity contribution in [1.82, 2.24) is 4.90 Å². The zero-order valence-electron chi connectivity index (χ0n) is 15.2. The molecule has 0 saturated carbocycles. The Hall–Kier alpha value is -3.15. The minimum Gasteiger partial charge on any atom is -0.444 e. The number of carbonyl (C=O) groups is 3. The van der Waals surface area contributed by atoms with Crippen LogP contribution in [0.4, 0.5) is 5.69 Å². The van der Waals surface area contributed by atoms with Crippen molar-refractivity contribution in [2.24, 2.45) is 0 Å². The van der Waals surface area contributed by atoms with Crippen molar-refractivity contribution in [2.75, 3.05) is 18.4 Å². The van der Waals surface area contributed by atoms with Crippen molar-refractivity contribution in [3.05, 3.63) is 65.7 Å². The summed E-state index contributed by atoms with van der Waals surface area (Å²) in [5.41, 5.74) is 1.56. The number of esters is 1. The highest BCUT2D eigenvalue weighted by Gasteiger charge is 2.31. The van der Waals surface area contributed by atoms with Gasteiger partial charge in [0, 0.05) is 31.3 Å². The largest absolute Gasteiger partial charge is 0.444 e. The Morgan fingerprint density at radius 3 is 2.19 bits per heavy atom. The van der Waals surface area contributed by atoms with E-state index in [1.165, 1.54) is 6.92 Å². The molecular formula is C21H22N2O4. The Morgan fingerprint density at radius 2 is 1.59 bits per heavy atom. The van der Waals surface area contributed by atoms with Gasteiger partial charge >= 0.3 is 5.97 Å². The van der Waals surface area contributed by atoms with E-state index in [0.29, 0.717) is 29.9 Å². The van der Waals surface area contributed by atoms with Gasteiger partial charge in [-0.25, -0.2) is 4.79 Å². The van der Waals surface area contributed by atoms with Gasteiger partial charge in [0.25, 0.3) is 5.91 Å². The van der Waals surface area contributed by atoms with Gasteiger partial charge in [0.15, 0.2) is 0 Å². The standard InChI is InChI=1S/C21H22N2O4/c1-15(24)22-18-11-9-17(10-12-18)21(26)27-19(16-7-3-2-4-8-16)20(25)23-13-5-6-14-23/h2-4,7-12,19H,5-6,13-14H2,1H3,(H,22,24)/t19-/m0/s1. The lowest BCUT2D eigenvalue weighted by Gasteiger charge is -2.23. The predicted molar refractivity (Wildman–Crippen MR) is 101 cm³/mol. The van der Waals surface area contributed by atoms with Gasteiger partial charge in [0.1, 0.15) is 0 Å². The molecule has 0 unspecified atom stereocenters. The average molecular weight is 366 g/mol. The van der Waals surface area contributed by atoms with Crippen LogP contribution in [0, 0.1) is 0 Å². The molecule has 27 heavy (non-hydrogen) atoms. The van der Waals surface area contributed by atoms with Crippen molar-refractivity contribution >= 4 is 23.5 Å². The second-order valence-corrected chi connectivity index (χ2v) is 6.49. The number of benzene rings is 2. The first-order valence-electron chi connectivity index (χ1n) is 8.97. The monoisotopic (exact) mass is 366 g/mol. The smallest absolute Gasteiger partial charge is 0.339 e. The highest BCUT2D eigenvalue weighted by molar-refractivity contribution is 5.94. The van der Waals surface area contributed by atoms with Gasteiger partial charge < -0.3 is 15.0 Å². The molecule has 6 heteroatoms. The minimum absolute atomic E-state index is 0.189. The zero-order valence-corrected chi connectivity index (χ0v) is 15.2. The van der Waals surface area contributed by atoms with E-state index >= 15 is 0 Å². The molecule has 0 radical (unpaired) electrons. The van der Waals surface area contributed by atoms with Crippen LogP contribution in [0.25, 0.3) is 0 Å². The van der Waals surface area contributed by atoms with Crippen molar-refractivity contribution in [1.29, 1.82) is 0 Å². The van der Waals surface area contributed by atoms with E-state index in [0.717, 1.165) is 12.8 Å². The van der Waals surface area contributed by atoms with Crippen molar-refractivity contribution in [3.8, 4) is 0 Å². The van der Waals surface area contributed by atoms with E-state index in [1.54, 1.807) is 41.3 Å². The van der Waals surface area contributed by atoms with Crippen LogP contribution < -0.4 is 5.32 Å². The fraction of sp³-hybridized carbons (Fsp3) is 0.286. The molecule has 1 aliphatic rings. The van der Waals surface area contributed by atoms with Crippen molar-refractivity contribution in [3.63, 3.8) is 0 Å². The highest BCUT2D eigenvalue weighted by Crippen LogP contribution is 2.24. The second kappa shape index (κ2) is 8.49. The average Bonchev–Trinajstić information content (AvgIpc) is 3.21. The van der Waals surface area contributed by atoms with Crippen LogP contribution in [-0.2, 0) is 14.3 Å². The Bertz CT molecular complexity index is 812. The molecule has 2 amide bonds. The van der Waals surface area contributed by atoms with Gasteiger partial charge in [-0.3, -0.25) is 9.59 Å². The summed E-state index contributed by atoms with van der Waals surface area (Å²) in [6.07, 6.45) is 0.962. The second-order valence-electron chi connectivity index (χ2n) is 6.49. The van der Waals surface area contributed by atoms with E-state index in [9.17, 15) is 14.4 Å². The Morgan fingerprint density at radius 1 is 0.963 bits per heavy atom.